The summed E-state index contributed by atoms with van der Waals surface area (Å²) in [6.07, 6.45) is 3.92. The third-order valence-corrected chi connectivity index (χ3v) is 5.16. The summed E-state index contributed by atoms with van der Waals surface area (Å²) in [5, 5.41) is 11.2. The molecule has 2 rings (SSSR count). The molecule has 0 radical (unpaired) electrons. The minimum Gasteiger partial charge on any atom is -0.357 e. The van der Waals surface area contributed by atoms with E-state index >= 15 is 0 Å². The van der Waals surface area contributed by atoms with E-state index in [9.17, 15) is 4.79 Å². The van der Waals surface area contributed by atoms with Crippen molar-refractivity contribution in [3.05, 3.63) is 16.3 Å². The number of aromatic nitrogens is 3. The summed E-state index contributed by atoms with van der Waals surface area (Å²) in [4.78, 5) is 19.5. The van der Waals surface area contributed by atoms with E-state index in [4.69, 9.17) is 0 Å². The van der Waals surface area contributed by atoms with E-state index in [1.165, 1.54) is 0 Å². The minimum atomic E-state index is 0.0335. The van der Waals surface area contributed by atoms with Crippen LogP contribution in [0.3, 0.4) is 0 Å². The number of rotatable bonds is 10. The molecule has 1 aromatic heterocycles. The second-order valence-corrected chi connectivity index (χ2v) is 8.00. The maximum atomic E-state index is 12.4. The smallest absolute Gasteiger partial charge is 0.345 e. The highest BCUT2D eigenvalue weighted by Crippen LogP contribution is 2.09. The summed E-state index contributed by atoms with van der Waals surface area (Å²) in [5.74, 6) is 1.78. The molecule has 8 heteroatoms. The molecule has 0 aromatic carbocycles. The summed E-state index contributed by atoms with van der Waals surface area (Å²) in [7, 11) is 0. The predicted octanol–water partition coefficient (Wildman–Crippen LogP) is 1.45. The van der Waals surface area contributed by atoms with Crippen molar-refractivity contribution in [1.29, 1.82) is 0 Å². The molecule has 0 atom stereocenters. The van der Waals surface area contributed by atoms with Crippen molar-refractivity contribution in [3.8, 4) is 0 Å². The van der Waals surface area contributed by atoms with E-state index in [0.717, 1.165) is 63.6 Å². The van der Waals surface area contributed by atoms with Gasteiger partial charge in [-0.1, -0.05) is 0 Å². The molecule has 1 aliphatic heterocycles. The first kappa shape index (κ1) is 22.5. The largest absolute Gasteiger partial charge is 0.357 e. The molecule has 1 aliphatic rings. The van der Waals surface area contributed by atoms with Gasteiger partial charge in [0.15, 0.2) is 5.96 Å². The van der Waals surface area contributed by atoms with Crippen LogP contribution in [0.2, 0.25) is 0 Å². The average Bonchev–Trinajstić information content (AvgIpc) is 2.97. The molecule has 0 bridgehead atoms. The molecule has 0 fully saturated rings. The van der Waals surface area contributed by atoms with Crippen molar-refractivity contribution in [3.63, 3.8) is 0 Å². The first-order chi connectivity index (χ1) is 13.4. The monoisotopic (exact) mass is 393 g/mol. The normalized spacial score (nSPS) is 14.8. The number of nitrogens with zero attached hydrogens (tertiary/aromatic N) is 5. The molecule has 0 amide bonds. The van der Waals surface area contributed by atoms with Crippen LogP contribution in [-0.2, 0) is 19.5 Å². The van der Waals surface area contributed by atoms with Gasteiger partial charge < -0.3 is 10.6 Å². The zero-order valence-electron chi connectivity index (χ0n) is 18.4. The molecular weight excluding hydrogens is 354 g/mol. The highest BCUT2D eigenvalue weighted by molar-refractivity contribution is 5.79. The van der Waals surface area contributed by atoms with Gasteiger partial charge in [-0.2, -0.15) is 5.10 Å². The third-order valence-electron chi connectivity index (χ3n) is 5.16. The predicted molar refractivity (Wildman–Crippen MR) is 115 cm³/mol. The maximum Gasteiger partial charge on any atom is 0.345 e. The number of aryl methyl sites for hydroxylation is 2. The Morgan fingerprint density at radius 2 is 1.96 bits per heavy atom. The highest BCUT2D eigenvalue weighted by Gasteiger charge is 2.16. The Hall–Kier alpha value is -1.83. The van der Waals surface area contributed by atoms with Crippen molar-refractivity contribution in [1.82, 2.24) is 29.9 Å². The molecule has 0 saturated carbocycles. The van der Waals surface area contributed by atoms with Crippen molar-refractivity contribution in [2.45, 2.75) is 85.5 Å². The van der Waals surface area contributed by atoms with Gasteiger partial charge in [-0.05, 0) is 53.9 Å². The van der Waals surface area contributed by atoms with Crippen molar-refractivity contribution in [2.24, 2.45) is 4.99 Å². The average molecular weight is 394 g/mol. The second kappa shape index (κ2) is 11.2. The second-order valence-electron chi connectivity index (χ2n) is 8.00. The molecule has 28 heavy (non-hydrogen) atoms. The molecule has 0 spiro atoms. The number of nitrogens with one attached hydrogen (secondary N) is 2. The lowest BCUT2D eigenvalue weighted by atomic mass is 10.2. The third kappa shape index (κ3) is 6.36. The Bertz CT molecular complexity index is 667. The fraction of sp³-hybridized carbons (Fsp3) is 0.850. The van der Waals surface area contributed by atoms with Gasteiger partial charge >= 0.3 is 5.69 Å². The Kier molecular flexibility index (Phi) is 9.02. The van der Waals surface area contributed by atoms with Gasteiger partial charge in [-0.25, -0.2) is 9.48 Å². The molecule has 160 valence electrons. The van der Waals surface area contributed by atoms with E-state index in [0.29, 0.717) is 25.2 Å². The Balaban J connectivity index is 1.81. The van der Waals surface area contributed by atoms with Gasteiger partial charge in [-0.3, -0.25) is 14.5 Å². The van der Waals surface area contributed by atoms with Crippen LogP contribution in [0.25, 0.3) is 0 Å². The molecule has 0 unspecified atom stereocenters. The van der Waals surface area contributed by atoms with E-state index in [2.05, 4.69) is 60.2 Å². The van der Waals surface area contributed by atoms with Crippen molar-refractivity contribution in [2.75, 3.05) is 26.2 Å². The lowest BCUT2D eigenvalue weighted by molar-refractivity contribution is 0.178. The van der Waals surface area contributed by atoms with Crippen LogP contribution >= 0.6 is 0 Å². The Morgan fingerprint density at radius 3 is 2.61 bits per heavy atom. The number of aliphatic imine (C=N–C) groups is 1. The van der Waals surface area contributed by atoms with Gasteiger partial charge in [0.05, 0.1) is 0 Å². The lowest BCUT2D eigenvalue weighted by Gasteiger charge is -2.30. The summed E-state index contributed by atoms with van der Waals surface area (Å²) in [6, 6.07) is 1.06. The van der Waals surface area contributed by atoms with Gasteiger partial charge in [0.1, 0.15) is 5.82 Å². The van der Waals surface area contributed by atoms with E-state index in [1.54, 1.807) is 4.68 Å². The number of hydrogen-bond donors (Lipinski definition) is 2. The SMILES string of the molecule is CCNC(=NCCCn1nc2n(c1=O)CCCC2)NCCN(C(C)C)C(C)C. The molecular formula is C20H39N7O. The zero-order valence-corrected chi connectivity index (χ0v) is 18.4. The molecule has 1 aromatic rings. The summed E-state index contributed by atoms with van der Waals surface area (Å²) in [6.45, 7) is 15.8. The highest BCUT2D eigenvalue weighted by atomic mass is 16.2. The quantitative estimate of drug-likeness (QED) is 0.357. The standard InChI is InChI=1S/C20H39N7O/c1-6-21-19(23-12-15-25(16(2)3)17(4)5)22-11-9-14-27-20(28)26-13-8-7-10-18(26)24-27/h16-17H,6-15H2,1-5H3,(H2,21,22,23). The van der Waals surface area contributed by atoms with Gasteiger partial charge in [0.25, 0.3) is 0 Å². The van der Waals surface area contributed by atoms with Crippen molar-refractivity contribution < 1.29 is 0 Å². The fourth-order valence-corrected chi connectivity index (χ4v) is 3.76. The van der Waals surface area contributed by atoms with E-state index in [1.807, 2.05) is 4.57 Å². The van der Waals surface area contributed by atoms with Gasteiger partial charge in [0.2, 0.25) is 0 Å². The van der Waals surface area contributed by atoms with Gasteiger partial charge in [-0.15, -0.1) is 0 Å². The van der Waals surface area contributed by atoms with Crippen molar-refractivity contribution >= 4 is 5.96 Å². The summed E-state index contributed by atoms with van der Waals surface area (Å²) >= 11 is 0. The van der Waals surface area contributed by atoms with Crippen LogP contribution in [0.15, 0.2) is 9.79 Å². The first-order valence-electron chi connectivity index (χ1n) is 10.9. The molecule has 0 aliphatic carbocycles. The molecule has 0 saturated heterocycles. The zero-order chi connectivity index (χ0) is 20.5. The van der Waals surface area contributed by atoms with Gasteiger partial charge in [0, 0.05) is 57.8 Å². The van der Waals surface area contributed by atoms with Crippen LogP contribution in [0.1, 0.15) is 59.7 Å². The number of fused-ring (bicyclic) bond motifs is 1. The number of guanidine groups is 1. The summed E-state index contributed by atoms with van der Waals surface area (Å²) < 4.78 is 3.44. The lowest BCUT2D eigenvalue weighted by Crippen LogP contribution is -2.45. The number of hydrogen-bond acceptors (Lipinski definition) is 4. The fourth-order valence-electron chi connectivity index (χ4n) is 3.76. The van der Waals surface area contributed by atoms with E-state index < -0.39 is 0 Å². The van der Waals surface area contributed by atoms with Crippen LogP contribution in [0, 0.1) is 0 Å². The minimum absolute atomic E-state index is 0.0335. The van der Waals surface area contributed by atoms with E-state index in [-0.39, 0.29) is 5.69 Å². The maximum absolute atomic E-state index is 12.4. The summed E-state index contributed by atoms with van der Waals surface area (Å²) in [5.41, 5.74) is 0.0335. The Labute approximate surface area is 169 Å². The molecule has 2 N–H and O–H groups in total. The molecule has 8 nitrogen and oxygen atoms in total. The van der Waals surface area contributed by atoms with Crippen LogP contribution < -0.4 is 16.3 Å². The topological polar surface area (TPSA) is 79.5 Å². The van der Waals surface area contributed by atoms with Crippen LogP contribution in [-0.4, -0.2) is 63.5 Å². The Morgan fingerprint density at radius 1 is 1.21 bits per heavy atom. The first-order valence-corrected chi connectivity index (χ1v) is 10.9. The van der Waals surface area contributed by atoms with Crippen LogP contribution in [0.4, 0.5) is 0 Å². The van der Waals surface area contributed by atoms with Crippen LogP contribution in [0.5, 0.6) is 0 Å². The molecule has 2 heterocycles.